The number of ether oxygens (including phenoxy) is 1. The highest BCUT2D eigenvalue weighted by Gasteiger charge is 2.47. The van der Waals surface area contributed by atoms with Gasteiger partial charge in [-0.25, -0.2) is 0 Å². The molecule has 0 saturated carbocycles. The lowest BCUT2D eigenvalue weighted by atomic mass is 9.98. The maximum absolute atomic E-state index is 13.1. The molecule has 4 rings (SSSR count). The van der Waals surface area contributed by atoms with Crippen molar-refractivity contribution in [2.45, 2.75) is 13.0 Å². The van der Waals surface area contributed by atoms with Gasteiger partial charge in [0, 0.05) is 16.1 Å². The summed E-state index contributed by atoms with van der Waals surface area (Å²) in [6, 6.07) is 14.9. The van der Waals surface area contributed by atoms with Gasteiger partial charge in [-0.3, -0.25) is 14.5 Å². The van der Waals surface area contributed by atoms with Crippen molar-refractivity contribution in [3.8, 4) is 5.75 Å². The number of halogens is 1. The van der Waals surface area contributed by atoms with E-state index >= 15 is 0 Å². The number of hydrogen-bond acceptors (Lipinski definition) is 5. The van der Waals surface area contributed by atoms with Crippen molar-refractivity contribution in [2.24, 2.45) is 0 Å². The Hall–Kier alpha value is -3.09. The number of hydrogen-bond donors (Lipinski definition) is 1. The summed E-state index contributed by atoms with van der Waals surface area (Å²) in [6.45, 7) is 1.92. The Bertz CT molecular complexity index is 1170. The largest absolute Gasteiger partial charge is 0.507 e. The van der Waals surface area contributed by atoms with Crippen LogP contribution in [0.1, 0.15) is 22.0 Å². The number of anilines is 1. The van der Waals surface area contributed by atoms with Gasteiger partial charge < -0.3 is 9.84 Å². The maximum atomic E-state index is 13.1. The second kappa shape index (κ2) is 7.97. The molecule has 30 heavy (non-hydrogen) atoms. The first kappa shape index (κ1) is 20.2. The first-order valence-corrected chi connectivity index (χ1v) is 10.4. The Morgan fingerprint density at radius 1 is 1.13 bits per heavy atom. The highest BCUT2D eigenvalue weighted by molar-refractivity contribution is 7.10. The van der Waals surface area contributed by atoms with E-state index in [-0.39, 0.29) is 11.3 Å². The average molecular weight is 440 g/mol. The number of amides is 1. The van der Waals surface area contributed by atoms with Crippen LogP contribution < -0.4 is 9.64 Å². The second-order valence-electron chi connectivity index (χ2n) is 6.82. The number of nitrogens with zero attached hydrogens (tertiary/aromatic N) is 1. The van der Waals surface area contributed by atoms with Gasteiger partial charge in [0.2, 0.25) is 0 Å². The molecule has 0 aliphatic carbocycles. The van der Waals surface area contributed by atoms with Gasteiger partial charge in [0.05, 0.1) is 17.7 Å². The molecule has 2 aromatic carbocycles. The summed E-state index contributed by atoms with van der Waals surface area (Å²) in [7, 11) is 1.49. The van der Waals surface area contributed by atoms with Crippen molar-refractivity contribution in [1.29, 1.82) is 0 Å². The number of carbonyl (C=O) groups is 2. The Morgan fingerprint density at radius 2 is 1.87 bits per heavy atom. The van der Waals surface area contributed by atoms with Crippen LogP contribution in [0.15, 0.2) is 65.6 Å². The minimum absolute atomic E-state index is 0.0376. The number of aliphatic hydroxyl groups excluding tert-OH is 1. The summed E-state index contributed by atoms with van der Waals surface area (Å²) in [5, 5.41) is 13.3. The van der Waals surface area contributed by atoms with Crippen molar-refractivity contribution in [2.75, 3.05) is 12.0 Å². The predicted octanol–water partition coefficient (Wildman–Crippen LogP) is 5.34. The minimum atomic E-state index is -0.735. The third-order valence-corrected chi connectivity index (χ3v) is 6.42. The molecule has 1 aromatic heterocycles. The third-order valence-electron chi connectivity index (χ3n) is 5.05. The van der Waals surface area contributed by atoms with E-state index in [1.807, 2.05) is 24.4 Å². The first-order valence-electron chi connectivity index (χ1n) is 9.18. The van der Waals surface area contributed by atoms with Gasteiger partial charge in [0.1, 0.15) is 17.6 Å². The fraction of sp³-hybridized carbons (Fsp3) is 0.130. The number of rotatable bonds is 4. The number of carbonyl (C=O) groups excluding carboxylic acids is 2. The molecule has 1 unspecified atom stereocenters. The van der Waals surface area contributed by atoms with Crippen LogP contribution in [-0.4, -0.2) is 23.9 Å². The zero-order valence-corrected chi connectivity index (χ0v) is 17.8. The van der Waals surface area contributed by atoms with E-state index in [0.29, 0.717) is 22.0 Å². The van der Waals surface area contributed by atoms with E-state index in [1.54, 1.807) is 36.4 Å². The van der Waals surface area contributed by atoms with Gasteiger partial charge in [-0.2, -0.15) is 0 Å². The summed E-state index contributed by atoms with van der Waals surface area (Å²) in [5.41, 5.74) is 1.90. The van der Waals surface area contributed by atoms with Gasteiger partial charge in [0.25, 0.3) is 11.7 Å². The van der Waals surface area contributed by atoms with Crippen molar-refractivity contribution < 1.29 is 19.4 Å². The summed E-state index contributed by atoms with van der Waals surface area (Å²) >= 11 is 7.65. The zero-order chi connectivity index (χ0) is 21.4. The highest BCUT2D eigenvalue weighted by atomic mass is 35.5. The molecule has 1 aliphatic rings. The normalized spacial score (nSPS) is 18.1. The number of thiophene rings is 1. The molecular formula is C23H18ClNO4S. The first-order chi connectivity index (χ1) is 14.4. The topological polar surface area (TPSA) is 66.8 Å². The molecule has 7 heteroatoms. The molecule has 1 saturated heterocycles. The van der Waals surface area contributed by atoms with Gasteiger partial charge in [-0.15, -0.1) is 11.3 Å². The van der Waals surface area contributed by atoms with Gasteiger partial charge in [-0.05, 0) is 54.3 Å². The van der Waals surface area contributed by atoms with Crippen LogP contribution in [0.4, 0.5) is 5.69 Å². The van der Waals surface area contributed by atoms with Gasteiger partial charge >= 0.3 is 0 Å². The number of Topliss-reactive ketones (excluding diaryl/α,β-unsaturated/α-hetero) is 1. The number of para-hydroxylation sites is 1. The van der Waals surface area contributed by atoms with Crippen molar-refractivity contribution in [3.63, 3.8) is 0 Å². The van der Waals surface area contributed by atoms with E-state index in [9.17, 15) is 14.7 Å². The minimum Gasteiger partial charge on any atom is -0.507 e. The lowest BCUT2D eigenvalue weighted by molar-refractivity contribution is -0.132. The molecule has 1 aliphatic heterocycles. The molecule has 0 bridgehead atoms. The predicted molar refractivity (Wildman–Crippen MR) is 118 cm³/mol. The molecular weight excluding hydrogens is 422 g/mol. The van der Waals surface area contributed by atoms with Crippen LogP contribution in [0.5, 0.6) is 5.75 Å². The molecule has 1 atom stereocenters. The number of aryl methyl sites for hydroxylation is 1. The molecule has 2 heterocycles. The number of methoxy groups -OCH3 is 1. The zero-order valence-electron chi connectivity index (χ0n) is 16.3. The molecule has 1 N–H and O–H groups in total. The number of benzene rings is 2. The number of aliphatic hydroxyl groups is 1. The Morgan fingerprint density at radius 3 is 2.47 bits per heavy atom. The Balaban J connectivity index is 1.94. The molecule has 1 fully saturated rings. The standard InChI is InChI=1S/C23H18ClNO4S/c1-13-10-11-30-22(13)19-18(20(26)14-8-9-17(29-2)16(24)12-14)21(27)23(28)25(19)15-6-4-3-5-7-15/h3-12,19,26H,1-2H3/b20-18-. The lowest BCUT2D eigenvalue weighted by Gasteiger charge is -2.25. The van der Waals surface area contributed by atoms with Gasteiger partial charge in [-0.1, -0.05) is 29.8 Å². The van der Waals surface area contributed by atoms with Crippen LogP contribution in [0, 0.1) is 6.92 Å². The maximum Gasteiger partial charge on any atom is 0.300 e. The third kappa shape index (κ3) is 3.28. The van der Waals surface area contributed by atoms with Crippen molar-refractivity contribution in [1.82, 2.24) is 0 Å². The second-order valence-corrected chi connectivity index (χ2v) is 8.18. The van der Waals surface area contributed by atoms with E-state index < -0.39 is 17.7 Å². The van der Waals surface area contributed by atoms with Crippen LogP contribution in [0.2, 0.25) is 5.02 Å². The molecule has 3 aromatic rings. The fourth-order valence-corrected chi connectivity index (χ4v) is 4.85. The van der Waals surface area contributed by atoms with E-state index in [1.165, 1.54) is 29.4 Å². The average Bonchev–Trinajstić information content (AvgIpc) is 3.28. The lowest BCUT2D eigenvalue weighted by Crippen LogP contribution is -2.29. The van der Waals surface area contributed by atoms with Gasteiger partial charge in [0.15, 0.2) is 0 Å². The van der Waals surface area contributed by atoms with Crippen molar-refractivity contribution >= 4 is 46.1 Å². The van der Waals surface area contributed by atoms with Crippen LogP contribution in [0.25, 0.3) is 5.76 Å². The molecule has 152 valence electrons. The number of ketones is 1. The van der Waals surface area contributed by atoms with Crippen LogP contribution >= 0.6 is 22.9 Å². The molecule has 0 spiro atoms. The molecule has 0 radical (unpaired) electrons. The summed E-state index contributed by atoms with van der Waals surface area (Å²) in [6.07, 6.45) is 0. The Kier molecular flexibility index (Phi) is 5.37. The van der Waals surface area contributed by atoms with Crippen LogP contribution in [-0.2, 0) is 9.59 Å². The molecule has 5 nitrogen and oxygen atoms in total. The quantitative estimate of drug-likeness (QED) is 0.338. The van der Waals surface area contributed by atoms with E-state index in [2.05, 4.69) is 0 Å². The SMILES string of the molecule is COc1ccc(/C(O)=C2/C(=O)C(=O)N(c3ccccc3)C2c2sccc2C)cc1Cl. The van der Waals surface area contributed by atoms with E-state index in [0.717, 1.165) is 10.4 Å². The molecule has 1 amide bonds. The summed E-state index contributed by atoms with van der Waals surface area (Å²) < 4.78 is 5.16. The van der Waals surface area contributed by atoms with Crippen LogP contribution in [0.3, 0.4) is 0 Å². The van der Waals surface area contributed by atoms with Crippen molar-refractivity contribution in [3.05, 3.63) is 86.6 Å². The summed E-state index contributed by atoms with van der Waals surface area (Å²) in [5.74, 6) is -1.24. The monoisotopic (exact) mass is 439 g/mol. The fourth-order valence-electron chi connectivity index (χ4n) is 3.57. The highest BCUT2D eigenvalue weighted by Crippen LogP contribution is 2.45. The summed E-state index contributed by atoms with van der Waals surface area (Å²) in [4.78, 5) is 28.4. The van der Waals surface area contributed by atoms with E-state index in [4.69, 9.17) is 16.3 Å². The smallest absolute Gasteiger partial charge is 0.300 e. The Labute approximate surface area is 182 Å².